The summed E-state index contributed by atoms with van der Waals surface area (Å²) in [6.45, 7) is 1.66. The molecule has 10 heteroatoms. The second kappa shape index (κ2) is 5.69. The number of nitrogens with two attached hydrogens (primary N) is 1. The molecule has 4 N–H and O–H groups in total. The smallest absolute Gasteiger partial charge is 0.242 e. The van der Waals surface area contributed by atoms with Gasteiger partial charge in [-0.15, -0.1) is 0 Å². The minimum Gasteiger partial charge on any atom is -0.409 e. The lowest BCUT2D eigenvalue weighted by molar-refractivity contribution is 0.314. The summed E-state index contributed by atoms with van der Waals surface area (Å²) in [5, 5.41) is 11.4. The molecular weight excluding hydrogens is 302 g/mol. The van der Waals surface area contributed by atoms with E-state index < -0.39 is 15.9 Å². The summed E-state index contributed by atoms with van der Waals surface area (Å²) in [7, 11) is -3.73. The van der Waals surface area contributed by atoms with E-state index in [1.165, 1.54) is 6.07 Å². The van der Waals surface area contributed by atoms with Crippen LogP contribution in [0.3, 0.4) is 0 Å². The molecule has 20 heavy (non-hydrogen) atoms. The number of amidine groups is 1. The van der Waals surface area contributed by atoms with Gasteiger partial charge in [0, 0.05) is 12.5 Å². The van der Waals surface area contributed by atoms with Gasteiger partial charge in [0.2, 0.25) is 10.0 Å². The van der Waals surface area contributed by atoms with Crippen molar-refractivity contribution in [1.29, 1.82) is 0 Å². The summed E-state index contributed by atoms with van der Waals surface area (Å²) in [5.41, 5.74) is 6.27. The van der Waals surface area contributed by atoms with Gasteiger partial charge in [-0.3, -0.25) is 0 Å². The third-order valence-electron chi connectivity index (χ3n) is 2.74. The Morgan fingerprint density at radius 3 is 3.00 bits per heavy atom. The lowest BCUT2D eigenvalue weighted by Gasteiger charge is -2.11. The second-order valence-corrected chi connectivity index (χ2v) is 6.43. The maximum Gasteiger partial charge on any atom is 0.242 e. The number of nitrogens with zero attached hydrogens (tertiary/aromatic N) is 3. The van der Waals surface area contributed by atoms with Crippen LogP contribution in [0, 0.1) is 5.92 Å². The van der Waals surface area contributed by atoms with E-state index in [-0.39, 0.29) is 17.3 Å². The average Bonchev–Trinajstić information content (AvgIpc) is 2.91. The Morgan fingerprint density at radius 1 is 1.55 bits per heavy atom. The maximum atomic E-state index is 12.2. The summed E-state index contributed by atoms with van der Waals surface area (Å²) in [4.78, 5) is 0.0652. The predicted octanol–water partition coefficient (Wildman–Crippen LogP) is 0.352. The van der Waals surface area contributed by atoms with Gasteiger partial charge in [0.1, 0.15) is 21.8 Å². The Kier molecular flexibility index (Phi) is 4.16. The molecule has 0 bridgehead atoms. The molecular formula is C10H13N5O3S2. The Hall–Kier alpha value is -1.78. The zero-order valence-electron chi connectivity index (χ0n) is 10.5. The molecule has 0 saturated carbocycles. The molecule has 108 valence electrons. The van der Waals surface area contributed by atoms with Crippen molar-refractivity contribution in [3.8, 4) is 0 Å². The fraction of sp³-hybridized carbons (Fsp3) is 0.300. The van der Waals surface area contributed by atoms with E-state index in [0.717, 1.165) is 11.7 Å². The molecule has 1 unspecified atom stereocenters. The first-order chi connectivity index (χ1) is 9.45. The van der Waals surface area contributed by atoms with Crippen LogP contribution in [0.4, 0.5) is 0 Å². The Morgan fingerprint density at radius 2 is 2.30 bits per heavy atom. The lowest BCUT2D eigenvalue weighted by atomic mass is 10.2. The molecule has 1 aromatic heterocycles. The monoisotopic (exact) mass is 315 g/mol. The molecule has 2 rings (SSSR count). The minimum absolute atomic E-state index is 0.0200. The number of fused-ring (bicyclic) bond motifs is 1. The van der Waals surface area contributed by atoms with Gasteiger partial charge in [0.05, 0.1) is 11.7 Å². The van der Waals surface area contributed by atoms with E-state index >= 15 is 0 Å². The summed E-state index contributed by atoms with van der Waals surface area (Å²) in [6.07, 6.45) is 0. The number of sulfonamides is 1. The van der Waals surface area contributed by atoms with Gasteiger partial charge in [-0.05, 0) is 12.1 Å². The molecule has 1 atom stereocenters. The first-order valence-electron chi connectivity index (χ1n) is 5.64. The van der Waals surface area contributed by atoms with Crippen LogP contribution < -0.4 is 10.5 Å². The van der Waals surface area contributed by atoms with Crippen molar-refractivity contribution in [1.82, 2.24) is 13.5 Å². The molecule has 0 fully saturated rings. The van der Waals surface area contributed by atoms with E-state index in [1.807, 2.05) is 0 Å². The van der Waals surface area contributed by atoms with Crippen LogP contribution in [-0.2, 0) is 10.0 Å². The second-order valence-electron chi connectivity index (χ2n) is 4.17. The zero-order chi connectivity index (χ0) is 14.8. The average molecular weight is 315 g/mol. The summed E-state index contributed by atoms with van der Waals surface area (Å²) in [6, 6.07) is 4.75. The molecule has 1 heterocycles. The number of oxime groups is 1. The fourth-order valence-electron chi connectivity index (χ4n) is 1.51. The number of aromatic nitrogens is 2. The van der Waals surface area contributed by atoms with Crippen molar-refractivity contribution in [2.24, 2.45) is 16.8 Å². The number of rotatable bonds is 5. The van der Waals surface area contributed by atoms with Gasteiger partial charge in [-0.25, -0.2) is 13.1 Å². The summed E-state index contributed by atoms with van der Waals surface area (Å²) in [5.74, 6) is -0.469. The fourth-order valence-corrected chi connectivity index (χ4v) is 3.41. The highest BCUT2D eigenvalue weighted by molar-refractivity contribution is 7.89. The third-order valence-corrected chi connectivity index (χ3v) is 4.74. The maximum absolute atomic E-state index is 12.2. The van der Waals surface area contributed by atoms with Crippen LogP contribution in [0.5, 0.6) is 0 Å². The summed E-state index contributed by atoms with van der Waals surface area (Å²) < 4.78 is 34.9. The van der Waals surface area contributed by atoms with Crippen LogP contribution in [0.25, 0.3) is 11.0 Å². The quantitative estimate of drug-likeness (QED) is 0.316. The highest BCUT2D eigenvalue weighted by Gasteiger charge is 2.20. The molecule has 0 amide bonds. The molecule has 0 saturated heterocycles. The minimum atomic E-state index is -3.73. The molecule has 2 aromatic rings. The van der Waals surface area contributed by atoms with E-state index in [9.17, 15) is 8.42 Å². The Balaban J connectivity index is 2.25. The van der Waals surface area contributed by atoms with Crippen LogP contribution in [0.15, 0.2) is 28.3 Å². The van der Waals surface area contributed by atoms with Crippen LogP contribution in [0.2, 0.25) is 0 Å². The van der Waals surface area contributed by atoms with Crippen molar-refractivity contribution >= 4 is 38.6 Å². The van der Waals surface area contributed by atoms with E-state index in [1.54, 1.807) is 19.1 Å². The number of hydrogen-bond acceptors (Lipinski definition) is 7. The topological polar surface area (TPSA) is 131 Å². The third kappa shape index (κ3) is 2.86. The van der Waals surface area contributed by atoms with Crippen molar-refractivity contribution in [2.75, 3.05) is 6.54 Å². The van der Waals surface area contributed by atoms with E-state index in [0.29, 0.717) is 11.0 Å². The van der Waals surface area contributed by atoms with Gasteiger partial charge >= 0.3 is 0 Å². The molecule has 8 nitrogen and oxygen atoms in total. The normalized spacial score (nSPS) is 14.6. The van der Waals surface area contributed by atoms with Gasteiger partial charge in [0.25, 0.3) is 0 Å². The first-order valence-corrected chi connectivity index (χ1v) is 7.85. The van der Waals surface area contributed by atoms with Gasteiger partial charge < -0.3 is 10.9 Å². The standard InChI is InChI=1S/C10H13N5O3S2/c1-6(10(11)13-16)5-12-20(17,18)8-4-2-3-7-9(8)15-19-14-7/h2-4,6,12,16H,5H2,1H3,(H2,11,13). The SMILES string of the molecule is CC(CNS(=O)(=O)c1cccc2nsnc12)C(N)=NO. The molecule has 0 spiro atoms. The molecule has 0 radical (unpaired) electrons. The Bertz CT molecular complexity index is 740. The highest BCUT2D eigenvalue weighted by atomic mass is 32.2. The first kappa shape index (κ1) is 14.6. The van der Waals surface area contributed by atoms with Crippen molar-refractivity contribution in [3.63, 3.8) is 0 Å². The van der Waals surface area contributed by atoms with Crippen LogP contribution in [-0.4, -0.2) is 34.8 Å². The number of hydrogen-bond donors (Lipinski definition) is 3. The zero-order valence-corrected chi connectivity index (χ0v) is 12.1. The van der Waals surface area contributed by atoms with E-state index in [2.05, 4.69) is 18.6 Å². The van der Waals surface area contributed by atoms with Gasteiger partial charge in [0.15, 0.2) is 0 Å². The van der Waals surface area contributed by atoms with Crippen LogP contribution >= 0.6 is 11.7 Å². The largest absolute Gasteiger partial charge is 0.409 e. The predicted molar refractivity (Wildman–Crippen MR) is 75.2 cm³/mol. The highest BCUT2D eigenvalue weighted by Crippen LogP contribution is 2.20. The van der Waals surface area contributed by atoms with Crippen molar-refractivity contribution < 1.29 is 13.6 Å². The molecule has 1 aromatic carbocycles. The van der Waals surface area contributed by atoms with Crippen molar-refractivity contribution in [3.05, 3.63) is 18.2 Å². The van der Waals surface area contributed by atoms with Gasteiger partial charge in [-0.1, -0.05) is 18.1 Å². The van der Waals surface area contributed by atoms with E-state index in [4.69, 9.17) is 10.9 Å². The molecule has 0 aliphatic heterocycles. The number of benzene rings is 1. The van der Waals surface area contributed by atoms with Gasteiger partial charge in [-0.2, -0.15) is 8.75 Å². The molecule has 0 aliphatic carbocycles. The lowest BCUT2D eigenvalue weighted by Crippen LogP contribution is -2.34. The number of nitrogens with one attached hydrogen (secondary N) is 1. The molecule has 0 aliphatic rings. The summed E-state index contributed by atoms with van der Waals surface area (Å²) >= 11 is 0.952. The van der Waals surface area contributed by atoms with Crippen LogP contribution in [0.1, 0.15) is 6.92 Å². The van der Waals surface area contributed by atoms with Crippen molar-refractivity contribution in [2.45, 2.75) is 11.8 Å². The Labute approximate surface area is 119 Å².